The molecule has 7 heteroatoms. The standard InChI is InChI=1S/C23H29N5OS/c1-4-7-9-17-12-14-20(15-13-17)28-23(25-26-27-28)30-16-21(29)24-22-18(5-2)10-8-11-19(22)6-3/h8,10-15H,4-7,9,16H2,1-3H3,(H,24,29). The highest BCUT2D eigenvalue weighted by molar-refractivity contribution is 7.99. The van der Waals surface area contributed by atoms with E-state index in [-0.39, 0.29) is 11.7 Å². The van der Waals surface area contributed by atoms with Crippen LogP contribution in [0.2, 0.25) is 0 Å². The van der Waals surface area contributed by atoms with Gasteiger partial charge in [-0.15, -0.1) is 5.10 Å². The molecule has 0 spiro atoms. The Bertz CT molecular complexity index is 946. The van der Waals surface area contributed by atoms with Gasteiger partial charge in [0.1, 0.15) is 0 Å². The lowest BCUT2D eigenvalue weighted by Gasteiger charge is -2.14. The molecule has 1 heterocycles. The van der Waals surface area contributed by atoms with Gasteiger partial charge in [0, 0.05) is 5.69 Å². The zero-order valence-electron chi connectivity index (χ0n) is 17.9. The van der Waals surface area contributed by atoms with Crippen LogP contribution in [0.4, 0.5) is 5.69 Å². The number of aryl methyl sites for hydroxylation is 3. The molecular weight excluding hydrogens is 394 g/mol. The molecule has 1 N–H and O–H groups in total. The van der Waals surface area contributed by atoms with E-state index >= 15 is 0 Å². The van der Waals surface area contributed by atoms with E-state index in [1.807, 2.05) is 18.2 Å². The number of tetrazole rings is 1. The van der Waals surface area contributed by atoms with Crippen molar-refractivity contribution in [1.29, 1.82) is 0 Å². The fraction of sp³-hybridized carbons (Fsp3) is 0.391. The molecule has 30 heavy (non-hydrogen) atoms. The number of nitrogens with one attached hydrogen (secondary N) is 1. The van der Waals surface area contributed by atoms with Gasteiger partial charge in [0.25, 0.3) is 0 Å². The summed E-state index contributed by atoms with van der Waals surface area (Å²) in [5, 5.41) is 15.7. The molecule has 0 fully saturated rings. The van der Waals surface area contributed by atoms with Gasteiger partial charge < -0.3 is 5.32 Å². The Balaban J connectivity index is 1.65. The van der Waals surface area contributed by atoms with E-state index in [1.165, 1.54) is 30.2 Å². The molecule has 1 aromatic heterocycles. The number of nitrogens with zero attached hydrogens (tertiary/aromatic N) is 4. The number of carbonyl (C=O) groups is 1. The predicted octanol–water partition coefficient (Wildman–Crippen LogP) is 4.86. The summed E-state index contributed by atoms with van der Waals surface area (Å²) in [4.78, 5) is 12.6. The van der Waals surface area contributed by atoms with Gasteiger partial charge in [0.15, 0.2) is 0 Å². The van der Waals surface area contributed by atoms with Crippen molar-refractivity contribution in [1.82, 2.24) is 20.2 Å². The van der Waals surface area contributed by atoms with Gasteiger partial charge >= 0.3 is 0 Å². The smallest absolute Gasteiger partial charge is 0.234 e. The highest BCUT2D eigenvalue weighted by Crippen LogP contribution is 2.24. The Morgan fingerprint density at radius 1 is 1.03 bits per heavy atom. The summed E-state index contributed by atoms with van der Waals surface area (Å²) in [6.07, 6.45) is 5.20. The van der Waals surface area contributed by atoms with Crippen LogP contribution in [0.15, 0.2) is 47.6 Å². The summed E-state index contributed by atoms with van der Waals surface area (Å²) in [6.45, 7) is 6.39. The van der Waals surface area contributed by atoms with Crippen molar-refractivity contribution in [2.75, 3.05) is 11.1 Å². The molecule has 0 aliphatic carbocycles. The van der Waals surface area contributed by atoms with Crippen molar-refractivity contribution in [3.8, 4) is 5.69 Å². The third-order valence-corrected chi connectivity index (χ3v) is 5.96. The average molecular weight is 424 g/mol. The molecule has 0 atom stereocenters. The second kappa shape index (κ2) is 10.9. The molecule has 6 nitrogen and oxygen atoms in total. The summed E-state index contributed by atoms with van der Waals surface area (Å²) in [7, 11) is 0. The number of amides is 1. The van der Waals surface area contributed by atoms with Crippen molar-refractivity contribution in [2.45, 2.75) is 58.0 Å². The molecule has 0 aliphatic heterocycles. The summed E-state index contributed by atoms with van der Waals surface area (Å²) in [5.74, 6) is 0.191. The molecule has 3 rings (SSSR count). The lowest BCUT2D eigenvalue weighted by molar-refractivity contribution is -0.113. The fourth-order valence-corrected chi connectivity index (χ4v) is 4.02. The normalized spacial score (nSPS) is 10.9. The number of aromatic nitrogens is 4. The molecule has 158 valence electrons. The van der Waals surface area contributed by atoms with E-state index in [0.717, 1.165) is 41.8 Å². The Labute approximate surface area is 182 Å². The van der Waals surface area contributed by atoms with Crippen LogP contribution in [-0.2, 0) is 24.1 Å². The first-order valence-corrected chi connectivity index (χ1v) is 11.6. The average Bonchev–Trinajstić information content (AvgIpc) is 3.25. The Morgan fingerprint density at radius 2 is 1.73 bits per heavy atom. The van der Waals surface area contributed by atoms with Crippen LogP contribution in [0.1, 0.15) is 50.3 Å². The van der Waals surface area contributed by atoms with Crippen molar-refractivity contribution in [3.63, 3.8) is 0 Å². The van der Waals surface area contributed by atoms with Crippen molar-refractivity contribution < 1.29 is 4.79 Å². The first-order valence-electron chi connectivity index (χ1n) is 10.6. The van der Waals surface area contributed by atoms with Crippen molar-refractivity contribution in [2.24, 2.45) is 0 Å². The highest BCUT2D eigenvalue weighted by atomic mass is 32.2. The van der Waals surface area contributed by atoms with Crippen LogP contribution in [-0.4, -0.2) is 31.9 Å². The molecule has 0 bridgehead atoms. The molecule has 3 aromatic rings. The molecule has 2 aromatic carbocycles. The number of benzene rings is 2. The zero-order chi connectivity index (χ0) is 21.3. The van der Waals surface area contributed by atoms with Gasteiger partial charge in [-0.25, -0.2) is 0 Å². The Kier molecular flexibility index (Phi) is 8.02. The molecule has 0 saturated carbocycles. The van der Waals surface area contributed by atoms with Crippen LogP contribution in [0.25, 0.3) is 5.69 Å². The van der Waals surface area contributed by atoms with Gasteiger partial charge in [-0.3, -0.25) is 4.79 Å². The zero-order valence-corrected chi connectivity index (χ0v) is 18.7. The monoisotopic (exact) mass is 423 g/mol. The van der Waals surface area contributed by atoms with Crippen LogP contribution >= 0.6 is 11.8 Å². The lowest BCUT2D eigenvalue weighted by atomic mass is 10.0. The topological polar surface area (TPSA) is 72.7 Å². The van der Waals surface area contributed by atoms with Crippen molar-refractivity contribution >= 4 is 23.4 Å². The maximum Gasteiger partial charge on any atom is 0.234 e. The third-order valence-electron chi connectivity index (χ3n) is 5.04. The summed E-state index contributed by atoms with van der Waals surface area (Å²) in [5.41, 5.74) is 5.45. The van der Waals surface area contributed by atoms with E-state index in [4.69, 9.17) is 0 Å². The molecule has 0 saturated heterocycles. The van der Waals surface area contributed by atoms with Gasteiger partial charge in [0.2, 0.25) is 11.1 Å². The minimum atomic E-state index is -0.0555. The Morgan fingerprint density at radius 3 is 2.37 bits per heavy atom. The first-order chi connectivity index (χ1) is 14.7. The molecule has 0 aliphatic rings. The van der Waals surface area contributed by atoms with E-state index in [9.17, 15) is 4.79 Å². The van der Waals surface area contributed by atoms with E-state index in [0.29, 0.717) is 5.16 Å². The van der Waals surface area contributed by atoms with Gasteiger partial charge in [0.05, 0.1) is 11.4 Å². The summed E-state index contributed by atoms with van der Waals surface area (Å²) < 4.78 is 1.68. The van der Waals surface area contributed by atoms with Gasteiger partial charge in [-0.2, -0.15) is 4.68 Å². The van der Waals surface area contributed by atoms with E-state index < -0.39 is 0 Å². The molecular formula is C23H29N5OS. The largest absolute Gasteiger partial charge is 0.325 e. The molecule has 1 amide bonds. The van der Waals surface area contributed by atoms with Gasteiger partial charge in [-0.05, 0) is 64.9 Å². The van der Waals surface area contributed by atoms with Crippen LogP contribution in [0, 0.1) is 0 Å². The van der Waals surface area contributed by atoms with Crippen molar-refractivity contribution in [3.05, 3.63) is 59.2 Å². The number of rotatable bonds is 10. The molecule has 0 radical (unpaired) electrons. The maximum atomic E-state index is 12.6. The summed E-state index contributed by atoms with van der Waals surface area (Å²) in [6, 6.07) is 14.4. The minimum absolute atomic E-state index is 0.0555. The van der Waals surface area contributed by atoms with Crippen LogP contribution in [0.3, 0.4) is 0 Å². The maximum absolute atomic E-state index is 12.6. The number of hydrogen-bond donors (Lipinski definition) is 1. The third kappa shape index (κ3) is 5.48. The van der Waals surface area contributed by atoms with Crippen LogP contribution < -0.4 is 5.32 Å². The highest BCUT2D eigenvalue weighted by Gasteiger charge is 2.14. The number of para-hydroxylation sites is 1. The first kappa shape index (κ1) is 22.0. The summed E-state index contributed by atoms with van der Waals surface area (Å²) >= 11 is 1.34. The predicted molar refractivity (Wildman–Crippen MR) is 122 cm³/mol. The second-order valence-corrected chi connectivity index (χ2v) is 8.08. The quantitative estimate of drug-likeness (QED) is 0.472. The van der Waals surface area contributed by atoms with E-state index in [1.54, 1.807) is 4.68 Å². The van der Waals surface area contributed by atoms with Gasteiger partial charge in [-0.1, -0.05) is 69.3 Å². The Hall–Kier alpha value is -2.67. The van der Waals surface area contributed by atoms with Crippen LogP contribution in [0.5, 0.6) is 0 Å². The number of anilines is 1. The SMILES string of the molecule is CCCCc1ccc(-n2nnnc2SCC(=O)Nc2c(CC)cccc2CC)cc1. The number of thioether (sulfide) groups is 1. The minimum Gasteiger partial charge on any atom is -0.325 e. The number of carbonyl (C=O) groups excluding carboxylic acids is 1. The lowest BCUT2D eigenvalue weighted by Crippen LogP contribution is -2.17. The second-order valence-electron chi connectivity index (χ2n) is 7.14. The number of hydrogen-bond acceptors (Lipinski definition) is 5. The number of unbranched alkanes of at least 4 members (excludes halogenated alkanes) is 1. The fourth-order valence-electron chi connectivity index (χ4n) is 3.32. The molecule has 0 unspecified atom stereocenters. The van der Waals surface area contributed by atoms with E-state index in [2.05, 4.69) is 65.9 Å².